The predicted molar refractivity (Wildman–Crippen MR) is 56.6 cm³/mol. The van der Waals surface area contributed by atoms with E-state index in [-0.39, 0.29) is 5.43 Å². The van der Waals surface area contributed by atoms with Gasteiger partial charge in [-0.05, 0) is 12.1 Å². The largest absolute Gasteiger partial charge is 0.365 e. The summed E-state index contributed by atoms with van der Waals surface area (Å²) in [7, 11) is 0. The molecular weight excluding hydrogens is 198 g/mol. The molecule has 0 saturated carbocycles. The minimum atomic E-state index is -0.558. The molecule has 0 aliphatic rings. The Bertz CT molecular complexity index is 559. The van der Waals surface area contributed by atoms with Crippen LogP contribution in [-0.2, 0) is 0 Å². The van der Waals surface area contributed by atoms with Gasteiger partial charge in [-0.25, -0.2) is 0 Å². The Morgan fingerprint density at radius 2 is 2.00 bits per heavy atom. The van der Waals surface area contributed by atoms with Crippen LogP contribution in [0.4, 0.5) is 0 Å². The van der Waals surface area contributed by atoms with E-state index in [9.17, 15) is 9.59 Å². The molecule has 2 N–H and O–H groups in total. The fourth-order valence-electron chi connectivity index (χ4n) is 1.23. The number of nitrogens with two attached hydrogens (primary N) is 1. The molecular formula is C10H7NO2S. The zero-order valence-electron chi connectivity index (χ0n) is 7.19. The van der Waals surface area contributed by atoms with E-state index in [0.717, 1.165) is 4.70 Å². The number of carbonyl (C=O) groups excluding carboxylic acids is 1. The minimum Gasteiger partial charge on any atom is -0.365 e. The average Bonchev–Trinajstić information content (AvgIpc) is 2.17. The van der Waals surface area contributed by atoms with Gasteiger partial charge in [-0.2, -0.15) is 0 Å². The molecule has 0 radical (unpaired) electrons. The third-order valence-corrected chi connectivity index (χ3v) is 2.99. The summed E-state index contributed by atoms with van der Waals surface area (Å²) in [4.78, 5) is 22.7. The van der Waals surface area contributed by atoms with Crippen LogP contribution in [0.25, 0.3) is 10.1 Å². The Morgan fingerprint density at radius 3 is 2.71 bits per heavy atom. The van der Waals surface area contributed by atoms with Crippen LogP contribution in [0.3, 0.4) is 0 Å². The Balaban J connectivity index is 2.86. The predicted octanol–water partition coefficient (Wildman–Crippen LogP) is 1.36. The number of carbonyl (C=O) groups is 1. The number of hydrogen-bond acceptors (Lipinski definition) is 3. The molecule has 0 unspecified atom stereocenters. The molecule has 0 aliphatic carbocycles. The zero-order chi connectivity index (χ0) is 10.1. The second kappa shape index (κ2) is 3.23. The molecule has 1 aromatic heterocycles. The second-order valence-electron chi connectivity index (χ2n) is 2.84. The molecule has 3 nitrogen and oxygen atoms in total. The number of rotatable bonds is 1. The summed E-state index contributed by atoms with van der Waals surface area (Å²) in [6.45, 7) is 0. The van der Waals surface area contributed by atoms with Gasteiger partial charge in [0, 0.05) is 16.2 Å². The highest BCUT2D eigenvalue weighted by Crippen LogP contribution is 2.17. The van der Waals surface area contributed by atoms with E-state index in [4.69, 9.17) is 5.73 Å². The zero-order valence-corrected chi connectivity index (χ0v) is 8.01. The highest BCUT2D eigenvalue weighted by Gasteiger charge is 2.05. The van der Waals surface area contributed by atoms with E-state index in [0.29, 0.717) is 10.3 Å². The first-order chi connectivity index (χ1) is 6.68. The molecule has 2 aromatic rings. The smallest absolute Gasteiger partial charge is 0.258 e. The van der Waals surface area contributed by atoms with Crippen LogP contribution < -0.4 is 11.2 Å². The number of benzene rings is 1. The molecule has 1 heterocycles. The molecule has 1 aromatic carbocycles. The Labute approximate surface area is 83.8 Å². The van der Waals surface area contributed by atoms with Gasteiger partial charge < -0.3 is 5.73 Å². The summed E-state index contributed by atoms with van der Waals surface area (Å²) in [5.41, 5.74) is 4.95. The van der Waals surface area contributed by atoms with E-state index in [1.807, 2.05) is 6.07 Å². The maximum atomic E-state index is 11.5. The quantitative estimate of drug-likeness (QED) is 0.764. The van der Waals surface area contributed by atoms with Crippen LogP contribution in [0.15, 0.2) is 35.1 Å². The topological polar surface area (TPSA) is 60.2 Å². The van der Waals surface area contributed by atoms with Crippen molar-refractivity contribution in [2.75, 3.05) is 0 Å². The Hall–Kier alpha value is -1.68. The summed E-state index contributed by atoms with van der Waals surface area (Å²) in [6.07, 6.45) is 0. The van der Waals surface area contributed by atoms with Crippen molar-refractivity contribution in [3.63, 3.8) is 0 Å². The fraction of sp³-hybridized carbons (Fsp3) is 0. The van der Waals surface area contributed by atoms with Gasteiger partial charge >= 0.3 is 0 Å². The lowest BCUT2D eigenvalue weighted by molar-refractivity contribution is 0.100. The lowest BCUT2D eigenvalue weighted by Gasteiger charge is -1.97. The SMILES string of the molecule is NC(=O)c1cc(=O)c2ccccc2s1. The van der Waals surface area contributed by atoms with Gasteiger partial charge in [0.1, 0.15) is 0 Å². The second-order valence-corrected chi connectivity index (χ2v) is 3.92. The van der Waals surface area contributed by atoms with Crippen LogP contribution in [0.5, 0.6) is 0 Å². The van der Waals surface area contributed by atoms with Crippen molar-refractivity contribution in [3.05, 3.63) is 45.4 Å². The maximum Gasteiger partial charge on any atom is 0.258 e. The molecule has 0 bridgehead atoms. The standard InChI is InChI=1S/C10H7NO2S/c11-10(13)9-5-7(12)6-3-1-2-4-8(6)14-9/h1-5H,(H2,11,13). The monoisotopic (exact) mass is 205 g/mol. The normalized spacial score (nSPS) is 10.3. The molecule has 0 aliphatic heterocycles. The molecule has 1 amide bonds. The van der Waals surface area contributed by atoms with Gasteiger partial charge in [0.2, 0.25) is 0 Å². The summed E-state index contributed by atoms with van der Waals surface area (Å²) in [5.74, 6) is -0.558. The molecule has 70 valence electrons. The van der Waals surface area contributed by atoms with Crippen molar-refractivity contribution in [3.8, 4) is 0 Å². The molecule has 0 atom stereocenters. The van der Waals surface area contributed by atoms with Crippen LogP contribution >= 0.6 is 11.3 Å². The van der Waals surface area contributed by atoms with Crippen molar-refractivity contribution >= 4 is 27.3 Å². The molecule has 14 heavy (non-hydrogen) atoms. The van der Waals surface area contributed by atoms with E-state index < -0.39 is 5.91 Å². The van der Waals surface area contributed by atoms with Crippen LogP contribution in [0, 0.1) is 0 Å². The third-order valence-electron chi connectivity index (χ3n) is 1.88. The lowest BCUT2D eigenvalue weighted by Crippen LogP contribution is -2.12. The summed E-state index contributed by atoms with van der Waals surface area (Å²) < 4.78 is 0.786. The van der Waals surface area contributed by atoms with E-state index in [2.05, 4.69) is 0 Å². The van der Waals surface area contributed by atoms with E-state index in [1.54, 1.807) is 18.2 Å². The van der Waals surface area contributed by atoms with Gasteiger partial charge in [0.25, 0.3) is 5.91 Å². The first-order valence-corrected chi connectivity index (χ1v) is 4.83. The van der Waals surface area contributed by atoms with E-state index >= 15 is 0 Å². The molecule has 0 saturated heterocycles. The highest BCUT2D eigenvalue weighted by atomic mass is 32.1. The minimum absolute atomic E-state index is 0.159. The van der Waals surface area contributed by atoms with Crippen LogP contribution in [-0.4, -0.2) is 5.91 Å². The summed E-state index contributed by atoms with van der Waals surface area (Å²) in [5, 5.41) is 0.627. The molecule has 2 rings (SSSR count). The molecule has 0 fully saturated rings. The van der Waals surface area contributed by atoms with Crippen molar-refractivity contribution in [1.82, 2.24) is 0 Å². The highest BCUT2D eigenvalue weighted by molar-refractivity contribution is 7.20. The number of hydrogen-bond donors (Lipinski definition) is 1. The fourth-order valence-corrected chi connectivity index (χ4v) is 2.15. The van der Waals surface area contributed by atoms with Crippen molar-refractivity contribution < 1.29 is 4.79 Å². The van der Waals surface area contributed by atoms with E-state index in [1.165, 1.54) is 17.4 Å². The van der Waals surface area contributed by atoms with Crippen molar-refractivity contribution in [2.24, 2.45) is 5.73 Å². The van der Waals surface area contributed by atoms with Crippen molar-refractivity contribution in [1.29, 1.82) is 0 Å². The number of amides is 1. The summed E-state index contributed by atoms with van der Waals surface area (Å²) in [6, 6.07) is 8.44. The Morgan fingerprint density at radius 1 is 1.29 bits per heavy atom. The van der Waals surface area contributed by atoms with Crippen LogP contribution in [0.1, 0.15) is 9.67 Å². The average molecular weight is 205 g/mol. The molecule has 0 spiro atoms. The summed E-state index contributed by atoms with van der Waals surface area (Å²) >= 11 is 1.23. The first kappa shape index (κ1) is 8.90. The Kier molecular flexibility index (Phi) is 2.05. The van der Waals surface area contributed by atoms with Gasteiger partial charge in [-0.1, -0.05) is 12.1 Å². The van der Waals surface area contributed by atoms with Crippen molar-refractivity contribution in [2.45, 2.75) is 0 Å². The lowest BCUT2D eigenvalue weighted by atomic mass is 10.2. The number of primary amides is 1. The molecule has 4 heteroatoms. The number of fused-ring (bicyclic) bond motifs is 1. The first-order valence-electron chi connectivity index (χ1n) is 4.01. The van der Waals surface area contributed by atoms with Gasteiger partial charge in [0.15, 0.2) is 5.43 Å². The van der Waals surface area contributed by atoms with Crippen LogP contribution in [0.2, 0.25) is 0 Å². The van der Waals surface area contributed by atoms with Gasteiger partial charge in [-0.15, -0.1) is 11.3 Å². The van der Waals surface area contributed by atoms with Gasteiger partial charge in [0.05, 0.1) is 4.88 Å². The van der Waals surface area contributed by atoms with Gasteiger partial charge in [-0.3, -0.25) is 9.59 Å². The maximum absolute atomic E-state index is 11.5. The third kappa shape index (κ3) is 1.40.